The van der Waals surface area contributed by atoms with E-state index < -0.39 is 11.9 Å². The van der Waals surface area contributed by atoms with Crippen LogP contribution in [0.15, 0.2) is 29.1 Å². The number of carbonyl (C=O) groups is 2. The van der Waals surface area contributed by atoms with Gasteiger partial charge in [-0.3, -0.25) is 14.4 Å². The number of aromatic nitrogens is 1. The molecule has 150 valence electrons. The van der Waals surface area contributed by atoms with Gasteiger partial charge in [-0.1, -0.05) is 26.3 Å². The van der Waals surface area contributed by atoms with Gasteiger partial charge in [0.2, 0.25) is 0 Å². The number of ether oxygens (including phenoxy) is 1. The van der Waals surface area contributed by atoms with Crippen molar-refractivity contribution in [2.45, 2.75) is 60.4 Å². The van der Waals surface area contributed by atoms with Crippen molar-refractivity contribution in [1.82, 2.24) is 4.57 Å². The van der Waals surface area contributed by atoms with E-state index in [4.69, 9.17) is 4.74 Å². The highest BCUT2D eigenvalue weighted by molar-refractivity contribution is 6.04. The van der Waals surface area contributed by atoms with Crippen LogP contribution in [-0.2, 0) is 17.8 Å². The summed E-state index contributed by atoms with van der Waals surface area (Å²) in [5, 5.41) is 2.79. The summed E-state index contributed by atoms with van der Waals surface area (Å²) in [6, 6.07) is 6.71. The van der Waals surface area contributed by atoms with Crippen LogP contribution >= 0.6 is 0 Å². The van der Waals surface area contributed by atoms with Crippen LogP contribution in [0.3, 0.4) is 0 Å². The van der Waals surface area contributed by atoms with Crippen molar-refractivity contribution in [3.63, 3.8) is 0 Å². The summed E-state index contributed by atoms with van der Waals surface area (Å²) in [5.74, 6) is -0.525. The van der Waals surface area contributed by atoms with Crippen LogP contribution in [0.25, 0.3) is 0 Å². The smallest absolute Gasteiger partial charge is 0.308 e. The second-order valence-electron chi connectivity index (χ2n) is 6.83. The summed E-state index contributed by atoms with van der Waals surface area (Å²) < 4.78 is 6.87. The number of pyridine rings is 1. The number of anilines is 1. The van der Waals surface area contributed by atoms with Gasteiger partial charge in [0.1, 0.15) is 11.3 Å². The van der Waals surface area contributed by atoms with Gasteiger partial charge in [-0.15, -0.1) is 0 Å². The van der Waals surface area contributed by atoms with Crippen LogP contribution < -0.4 is 15.6 Å². The third-order valence-electron chi connectivity index (χ3n) is 4.72. The predicted molar refractivity (Wildman–Crippen MR) is 110 cm³/mol. The number of unbranched alkanes of at least 4 members (excludes halogenated alkanes) is 1. The third kappa shape index (κ3) is 4.68. The van der Waals surface area contributed by atoms with Crippen LogP contribution in [0, 0.1) is 13.8 Å². The monoisotopic (exact) mass is 384 g/mol. The molecule has 0 aliphatic rings. The predicted octanol–water partition coefficient (Wildman–Crippen LogP) is 4.01. The Balaban J connectivity index is 2.41. The van der Waals surface area contributed by atoms with E-state index in [-0.39, 0.29) is 11.1 Å². The van der Waals surface area contributed by atoms with Gasteiger partial charge in [-0.2, -0.15) is 0 Å². The molecule has 0 fully saturated rings. The molecule has 0 unspecified atom stereocenters. The summed E-state index contributed by atoms with van der Waals surface area (Å²) in [6.45, 7) is 9.67. The molecule has 6 nitrogen and oxygen atoms in total. The van der Waals surface area contributed by atoms with Gasteiger partial charge in [0, 0.05) is 30.4 Å². The van der Waals surface area contributed by atoms with Crippen LogP contribution in [-0.4, -0.2) is 16.4 Å². The lowest BCUT2D eigenvalue weighted by atomic mass is 10.1. The summed E-state index contributed by atoms with van der Waals surface area (Å²) in [6.07, 6.45) is 2.57. The molecule has 6 heteroatoms. The number of rotatable bonds is 7. The van der Waals surface area contributed by atoms with Crippen molar-refractivity contribution >= 4 is 17.6 Å². The van der Waals surface area contributed by atoms with Gasteiger partial charge >= 0.3 is 5.97 Å². The Labute approximate surface area is 165 Å². The lowest BCUT2D eigenvalue weighted by molar-refractivity contribution is -0.131. The Bertz CT molecular complexity index is 944. The van der Waals surface area contributed by atoms with Crippen LogP contribution in [0.4, 0.5) is 5.69 Å². The van der Waals surface area contributed by atoms with E-state index in [0.717, 1.165) is 30.5 Å². The zero-order valence-electron chi connectivity index (χ0n) is 17.2. The molecule has 0 saturated heterocycles. The molecule has 28 heavy (non-hydrogen) atoms. The van der Waals surface area contributed by atoms with Crippen LogP contribution in [0.1, 0.15) is 60.8 Å². The molecule has 1 aromatic heterocycles. The minimum atomic E-state index is -0.468. The first-order chi connectivity index (χ1) is 13.3. The molecule has 0 saturated carbocycles. The Morgan fingerprint density at radius 1 is 1.18 bits per heavy atom. The lowest BCUT2D eigenvalue weighted by Crippen LogP contribution is -2.32. The number of aryl methyl sites for hydroxylation is 1. The summed E-state index contributed by atoms with van der Waals surface area (Å²) >= 11 is 0. The van der Waals surface area contributed by atoms with E-state index in [1.165, 1.54) is 6.92 Å². The molecule has 1 amide bonds. The zero-order chi connectivity index (χ0) is 20.8. The molecule has 2 aromatic rings. The first-order valence-electron chi connectivity index (χ1n) is 9.62. The van der Waals surface area contributed by atoms with Crippen molar-refractivity contribution in [2.24, 2.45) is 0 Å². The Kier molecular flexibility index (Phi) is 7.15. The average Bonchev–Trinajstić information content (AvgIpc) is 2.64. The number of amides is 1. The van der Waals surface area contributed by atoms with Gasteiger partial charge in [-0.25, -0.2) is 0 Å². The van der Waals surface area contributed by atoms with Crippen molar-refractivity contribution in [1.29, 1.82) is 0 Å². The highest BCUT2D eigenvalue weighted by Gasteiger charge is 2.18. The second kappa shape index (κ2) is 9.35. The number of carbonyl (C=O) groups excluding carboxylic acids is 2. The van der Waals surface area contributed by atoms with E-state index in [0.29, 0.717) is 23.5 Å². The quantitative estimate of drug-likeness (QED) is 0.578. The molecule has 0 radical (unpaired) electrons. The van der Waals surface area contributed by atoms with Crippen LogP contribution in [0.2, 0.25) is 0 Å². The molecule has 1 aromatic carbocycles. The number of benzene rings is 1. The van der Waals surface area contributed by atoms with Crippen LogP contribution in [0.5, 0.6) is 5.75 Å². The first kappa shape index (κ1) is 21.4. The molecule has 2 rings (SSSR count). The van der Waals surface area contributed by atoms with E-state index >= 15 is 0 Å². The first-order valence-corrected chi connectivity index (χ1v) is 9.62. The Morgan fingerprint density at radius 2 is 1.89 bits per heavy atom. The normalized spacial score (nSPS) is 10.6. The van der Waals surface area contributed by atoms with E-state index in [9.17, 15) is 14.4 Å². The summed E-state index contributed by atoms with van der Waals surface area (Å²) in [4.78, 5) is 37.1. The molecule has 1 N–H and O–H groups in total. The Morgan fingerprint density at radius 3 is 2.50 bits per heavy atom. The van der Waals surface area contributed by atoms with Gasteiger partial charge in [-0.05, 0) is 50.5 Å². The highest BCUT2D eigenvalue weighted by Crippen LogP contribution is 2.26. The maximum absolute atomic E-state index is 13.0. The number of esters is 1. The maximum Gasteiger partial charge on any atom is 0.308 e. The van der Waals surface area contributed by atoms with Crippen molar-refractivity contribution in [2.75, 3.05) is 5.32 Å². The molecule has 0 bridgehead atoms. The highest BCUT2D eigenvalue weighted by atomic mass is 16.5. The Hall–Kier alpha value is -2.89. The van der Waals surface area contributed by atoms with Gasteiger partial charge < -0.3 is 14.6 Å². The van der Waals surface area contributed by atoms with Gasteiger partial charge in [0.05, 0.1) is 0 Å². The summed E-state index contributed by atoms with van der Waals surface area (Å²) in [5.41, 5.74) is 2.85. The SMILES string of the molecule is CCCCn1c(CC)c(C)cc(C(=O)Nc2cccc(OC(C)=O)c2C)c1=O. The number of hydrogen-bond acceptors (Lipinski definition) is 4. The van der Waals surface area contributed by atoms with Gasteiger partial charge in [0.25, 0.3) is 11.5 Å². The standard InChI is InChI=1S/C22H28N2O4/c1-6-8-12-24-19(7-2)14(3)13-17(22(24)27)21(26)23-18-10-9-11-20(15(18)4)28-16(5)25/h9-11,13H,6-8,12H2,1-5H3,(H,23,26). The minimum absolute atomic E-state index is 0.114. The average molecular weight is 384 g/mol. The fraction of sp³-hybridized carbons (Fsp3) is 0.409. The summed E-state index contributed by atoms with van der Waals surface area (Å²) in [7, 11) is 0. The second-order valence-corrected chi connectivity index (χ2v) is 6.83. The van der Waals surface area contributed by atoms with Gasteiger partial charge in [0.15, 0.2) is 0 Å². The molecule has 0 atom stereocenters. The largest absolute Gasteiger partial charge is 0.426 e. The van der Waals surface area contributed by atoms with Crippen molar-refractivity contribution in [3.8, 4) is 5.75 Å². The number of nitrogens with zero attached hydrogens (tertiary/aromatic N) is 1. The van der Waals surface area contributed by atoms with E-state index in [1.807, 2.05) is 13.8 Å². The van der Waals surface area contributed by atoms with E-state index in [2.05, 4.69) is 12.2 Å². The molecular weight excluding hydrogens is 356 g/mol. The maximum atomic E-state index is 13.0. The fourth-order valence-corrected chi connectivity index (χ4v) is 3.23. The zero-order valence-corrected chi connectivity index (χ0v) is 17.2. The van der Waals surface area contributed by atoms with Crippen molar-refractivity contribution < 1.29 is 14.3 Å². The molecule has 0 aliphatic carbocycles. The minimum Gasteiger partial charge on any atom is -0.426 e. The molecular formula is C22H28N2O4. The fourth-order valence-electron chi connectivity index (χ4n) is 3.23. The third-order valence-corrected chi connectivity index (χ3v) is 4.72. The van der Waals surface area contributed by atoms with E-state index in [1.54, 1.807) is 35.8 Å². The number of hydrogen-bond donors (Lipinski definition) is 1. The molecule has 0 aliphatic heterocycles. The number of nitrogens with one attached hydrogen (secondary N) is 1. The lowest BCUT2D eigenvalue weighted by Gasteiger charge is -2.17. The molecule has 0 spiro atoms. The van der Waals surface area contributed by atoms with Crippen molar-refractivity contribution in [3.05, 3.63) is 57.0 Å². The molecule has 1 heterocycles. The topological polar surface area (TPSA) is 77.4 Å².